The van der Waals surface area contributed by atoms with Gasteiger partial charge in [0.05, 0.1) is 5.52 Å². The number of rotatable bonds is 3. The van der Waals surface area contributed by atoms with Crippen LogP contribution in [-0.2, 0) is 13.5 Å². The maximum absolute atomic E-state index is 12.4. The quantitative estimate of drug-likeness (QED) is 0.764. The number of anilines is 1. The number of aryl methyl sites for hydroxylation is 2. The zero-order valence-corrected chi connectivity index (χ0v) is 13.3. The number of pyridine rings is 1. The molecule has 0 spiro atoms. The number of amides is 1. The third kappa shape index (κ3) is 2.57. The molecule has 0 saturated heterocycles. The SMILES string of the molecule is CCc1nnc(NC(=O)c2c(O)c3ccccc3n(C)c2=O)s1. The Hall–Kier alpha value is -2.74. The fourth-order valence-electron chi connectivity index (χ4n) is 2.29. The van der Waals surface area contributed by atoms with Gasteiger partial charge in [0.2, 0.25) is 5.13 Å². The Morgan fingerprint density at radius 3 is 2.78 bits per heavy atom. The number of para-hydroxylation sites is 1. The first-order valence-corrected chi connectivity index (χ1v) is 7.79. The number of benzene rings is 1. The number of aromatic hydroxyl groups is 1. The van der Waals surface area contributed by atoms with Crippen molar-refractivity contribution in [2.45, 2.75) is 13.3 Å². The van der Waals surface area contributed by atoms with Gasteiger partial charge >= 0.3 is 0 Å². The third-order valence-corrected chi connectivity index (χ3v) is 4.48. The van der Waals surface area contributed by atoms with Crippen molar-refractivity contribution in [3.63, 3.8) is 0 Å². The molecule has 3 aromatic rings. The molecular weight excluding hydrogens is 316 g/mol. The Labute approximate surface area is 135 Å². The molecule has 0 bridgehead atoms. The van der Waals surface area contributed by atoms with Gasteiger partial charge in [-0.1, -0.05) is 30.4 Å². The van der Waals surface area contributed by atoms with Crippen LogP contribution < -0.4 is 10.9 Å². The number of fused-ring (bicyclic) bond motifs is 1. The maximum atomic E-state index is 12.4. The molecule has 2 N–H and O–H groups in total. The van der Waals surface area contributed by atoms with Crippen LogP contribution in [0.3, 0.4) is 0 Å². The van der Waals surface area contributed by atoms with E-state index in [1.54, 1.807) is 31.3 Å². The van der Waals surface area contributed by atoms with E-state index in [2.05, 4.69) is 15.5 Å². The van der Waals surface area contributed by atoms with Crippen LogP contribution in [0.1, 0.15) is 22.3 Å². The molecule has 0 fully saturated rings. The number of aromatic nitrogens is 3. The fourth-order valence-corrected chi connectivity index (χ4v) is 2.97. The number of carbonyl (C=O) groups is 1. The summed E-state index contributed by atoms with van der Waals surface area (Å²) >= 11 is 1.23. The molecule has 0 aliphatic heterocycles. The summed E-state index contributed by atoms with van der Waals surface area (Å²) in [5.41, 5.74) is -0.325. The summed E-state index contributed by atoms with van der Waals surface area (Å²) in [7, 11) is 1.56. The molecule has 7 nitrogen and oxygen atoms in total. The summed E-state index contributed by atoms with van der Waals surface area (Å²) in [6, 6.07) is 6.85. The van der Waals surface area contributed by atoms with Gasteiger partial charge in [0.1, 0.15) is 16.3 Å². The Kier molecular flexibility index (Phi) is 3.83. The first-order valence-electron chi connectivity index (χ1n) is 6.97. The molecule has 3 rings (SSSR count). The summed E-state index contributed by atoms with van der Waals surface area (Å²) in [4.78, 5) is 24.8. The average molecular weight is 330 g/mol. The highest BCUT2D eigenvalue weighted by Crippen LogP contribution is 2.26. The second-order valence-corrected chi connectivity index (χ2v) is 5.98. The lowest BCUT2D eigenvalue weighted by Crippen LogP contribution is -2.28. The predicted octanol–water partition coefficient (Wildman–Crippen LogP) is 1.91. The fraction of sp³-hybridized carbons (Fsp3) is 0.200. The minimum atomic E-state index is -0.701. The standard InChI is InChI=1S/C15H14N4O3S/c1-3-10-17-18-15(23-10)16-13(21)11-12(20)8-6-4-5-7-9(8)19(2)14(11)22/h4-7,20H,3H2,1-2H3,(H,16,18,21). The molecule has 1 aromatic carbocycles. The second-order valence-electron chi connectivity index (χ2n) is 4.91. The summed E-state index contributed by atoms with van der Waals surface area (Å²) in [5, 5.41) is 22.1. The van der Waals surface area contributed by atoms with Crippen molar-refractivity contribution in [1.29, 1.82) is 0 Å². The van der Waals surface area contributed by atoms with Crippen molar-refractivity contribution in [1.82, 2.24) is 14.8 Å². The highest BCUT2D eigenvalue weighted by molar-refractivity contribution is 7.15. The van der Waals surface area contributed by atoms with Crippen LogP contribution in [0.5, 0.6) is 5.75 Å². The highest BCUT2D eigenvalue weighted by atomic mass is 32.1. The molecule has 0 atom stereocenters. The van der Waals surface area contributed by atoms with E-state index in [0.717, 1.165) is 5.01 Å². The highest BCUT2D eigenvalue weighted by Gasteiger charge is 2.22. The van der Waals surface area contributed by atoms with Crippen molar-refractivity contribution in [3.05, 3.63) is 45.2 Å². The van der Waals surface area contributed by atoms with Crippen molar-refractivity contribution in [3.8, 4) is 5.75 Å². The van der Waals surface area contributed by atoms with Crippen molar-refractivity contribution in [2.75, 3.05) is 5.32 Å². The smallest absolute Gasteiger partial charge is 0.267 e. The van der Waals surface area contributed by atoms with Crippen molar-refractivity contribution >= 4 is 33.3 Å². The topological polar surface area (TPSA) is 97.1 Å². The van der Waals surface area contributed by atoms with E-state index in [9.17, 15) is 14.7 Å². The van der Waals surface area contributed by atoms with Crippen LogP contribution >= 0.6 is 11.3 Å². The minimum absolute atomic E-state index is 0.293. The lowest BCUT2D eigenvalue weighted by Gasteiger charge is -2.10. The van der Waals surface area contributed by atoms with E-state index >= 15 is 0 Å². The Morgan fingerprint density at radius 1 is 1.35 bits per heavy atom. The average Bonchev–Trinajstić information content (AvgIpc) is 3.00. The van der Waals surface area contributed by atoms with E-state index < -0.39 is 11.5 Å². The minimum Gasteiger partial charge on any atom is -0.506 e. The van der Waals surface area contributed by atoms with E-state index in [-0.39, 0.29) is 11.3 Å². The number of nitrogens with zero attached hydrogens (tertiary/aromatic N) is 3. The number of hydrogen-bond acceptors (Lipinski definition) is 6. The molecule has 2 aromatic heterocycles. The van der Waals surface area contributed by atoms with Gasteiger partial charge in [0, 0.05) is 12.4 Å². The normalized spacial score (nSPS) is 10.9. The van der Waals surface area contributed by atoms with Gasteiger partial charge in [-0.25, -0.2) is 0 Å². The Bertz CT molecular complexity index is 961. The van der Waals surface area contributed by atoms with Gasteiger partial charge in [0.25, 0.3) is 11.5 Å². The van der Waals surface area contributed by atoms with Crippen LogP contribution in [0.4, 0.5) is 5.13 Å². The van der Waals surface area contributed by atoms with Gasteiger partial charge in [0.15, 0.2) is 0 Å². The summed E-state index contributed by atoms with van der Waals surface area (Å²) in [5.74, 6) is -1.03. The Balaban J connectivity index is 2.08. The van der Waals surface area contributed by atoms with Crippen LogP contribution in [0.2, 0.25) is 0 Å². The molecule has 0 aliphatic rings. The molecule has 23 heavy (non-hydrogen) atoms. The van der Waals surface area contributed by atoms with Crippen molar-refractivity contribution < 1.29 is 9.90 Å². The maximum Gasteiger partial charge on any atom is 0.267 e. The second kappa shape index (κ2) is 5.81. The largest absolute Gasteiger partial charge is 0.506 e. The van der Waals surface area contributed by atoms with Gasteiger partial charge in [-0.3, -0.25) is 14.9 Å². The number of hydrogen-bond donors (Lipinski definition) is 2. The molecule has 118 valence electrons. The zero-order chi connectivity index (χ0) is 16.6. The van der Waals surface area contributed by atoms with Gasteiger partial charge in [-0.15, -0.1) is 10.2 Å². The summed E-state index contributed by atoms with van der Waals surface area (Å²) < 4.78 is 1.33. The van der Waals surface area contributed by atoms with E-state index in [1.807, 2.05) is 6.92 Å². The third-order valence-electron chi connectivity index (χ3n) is 3.49. The summed E-state index contributed by atoms with van der Waals surface area (Å²) in [6.07, 6.45) is 0.705. The zero-order valence-electron chi connectivity index (χ0n) is 12.5. The predicted molar refractivity (Wildman–Crippen MR) is 88.1 cm³/mol. The van der Waals surface area contributed by atoms with Crippen LogP contribution in [0.15, 0.2) is 29.1 Å². The molecule has 0 saturated carbocycles. The van der Waals surface area contributed by atoms with Gasteiger partial charge < -0.3 is 9.67 Å². The van der Waals surface area contributed by atoms with Crippen LogP contribution in [0, 0.1) is 0 Å². The molecular formula is C15H14N4O3S. The molecule has 1 amide bonds. The lowest BCUT2D eigenvalue weighted by molar-refractivity contribution is 0.102. The van der Waals surface area contributed by atoms with E-state index in [4.69, 9.17) is 0 Å². The van der Waals surface area contributed by atoms with E-state index in [0.29, 0.717) is 22.5 Å². The molecule has 2 heterocycles. The summed E-state index contributed by atoms with van der Waals surface area (Å²) in [6.45, 7) is 1.93. The molecule has 8 heteroatoms. The van der Waals surface area contributed by atoms with Crippen LogP contribution in [-0.4, -0.2) is 25.8 Å². The number of carbonyl (C=O) groups excluding carboxylic acids is 1. The van der Waals surface area contributed by atoms with Crippen LogP contribution in [0.25, 0.3) is 10.9 Å². The first kappa shape index (κ1) is 15.2. The lowest BCUT2D eigenvalue weighted by atomic mass is 10.1. The molecule has 0 radical (unpaired) electrons. The Morgan fingerprint density at radius 2 is 2.09 bits per heavy atom. The molecule has 0 aliphatic carbocycles. The van der Waals surface area contributed by atoms with Gasteiger partial charge in [-0.2, -0.15) is 0 Å². The van der Waals surface area contributed by atoms with Gasteiger partial charge in [-0.05, 0) is 18.6 Å². The monoisotopic (exact) mass is 330 g/mol. The molecule has 0 unspecified atom stereocenters. The van der Waals surface area contributed by atoms with Crippen molar-refractivity contribution in [2.24, 2.45) is 7.05 Å². The first-order chi connectivity index (χ1) is 11.0. The number of nitrogens with one attached hydrogen (secondary N) is 1. The van der Waals surface area contributed by atoms with E-state index in [1.165, 1.54) is 15.9 Å².